The summed E-state index contributed by atoms with van der Waals surface area (Å²) in [5, 5.41) is 8.88. The van der Waals surface area contributed by atoms with Crippen LogP contribution in [0.3, 0.4) is 0 Å². The van der Waals surface area contributed by atoms with Crippen LogP contribution in [0, 0.1) is 18.3 Å². The van der Waals surface area contributed by atoms with Crippen LogP contribution in [-0.4, -0.2) is 14.5 Å². The number of imidazole rings is 1. The Kier molecular flexibility index (Phi) is 1.99. The van der Waals surface area contributed by atoms with E-state index in [-0.39, 0.29) is 0 Å². The van der Waals surface area contributed by atoms with E-state index < -0.39 is 0 Å². The van der Waals surface area contributed by atoms with Gasteiger partial charge >= 0.3 is 0 Å². The van der Waals surface area contributed by atoms with Crippen LogP contribution in [0.5, 0.6) is 0 Å². The molecule has 0 spiro atoms. The lowest BCUT2D eigenvalue weighted by molar-refractivity contribution is 0.928. The van der Waals surface area contributed by atoms with Gasteiger partial charge in [-0.25, -0.2) is 9.97 Å². The number of nitrogens with zero attached hydrogens (tertiary/aromatic N) is 4. The van der Waals surface area contributed by atoms with Crippen LogP contribution < -0.4 is 0 Å². The summed E-state index contributed by atoms with van der Waals surface area (Å²) in [5.41, 5.74) is 0.550. The van der Waals surface area contributed by atoms with Crippen LogP contribution in [0.1, 0.15) is 11.4 Å². The fourth-order valence-electron chi connectivity index (χ4n) is 1.28. The van der Waals surface area contributed by atoms with Gasteiger partial charge in [-0.3, -0.25) is 4.57 Å². The second kappa shape index (κ2) is 3.30. The maximum Gasteiger partial charge on any atom is 0.155 e. The first-order chi connectivity index (χ1) is 6.83. The molecule has 0 aromatic carbocycles. The summed E-state index contributed by atoms with van der Waals surface area (Å²) in [6.45, 7) is 1.87. The zero-order valence-electron chi connectivity index (χ0n) is 7.68. The summed E-state index contributed by atoms with van der Waals surface area (Å²) < 4.78 is 1.79. The highest BCUT2D eigenvalue weighted by Crippen LogP contribution is 2.11. The van der Waals surface area contributed by atoms with Crippen molar-refractivity contribution in [3.05, 3.63) is 42.1 Å². The molecule has 0 saturated heterocycles. The van der Waals surface area contributed by atoms with Crippen molar-refractivity contribution >= 4 is 0 Å². The molecule has 0 N–H and O–H groups in total. The van der Waals surface area contributed by atoms with E-state index in [4.69, 9.17) is 5.26 Å². The highest BCUT2D eigenvalue weighted by molar-refractivity contribution is 5.43. The third kappa shape index (κ3) is 1.25. The lowest BCUT2D eigenvalue weighted by atomic mass is 10.3. The maximum atomic E-state index is 8.88. The first-order valence-corrected chi connectivity index (χ1v) is 4.18. The Labute approximate surface area is 81.5 Å². The Bertz CT molecular complexity index is 493. The van der Waals surface area contributed by atoms with Gasteiger partial charge in [0.2, 0.25) is 0 Å². The number of aromatic nitrogens is 3. The molecule has 2 aromatic heterocycles. The Balaban J connectivity index is 2.64. The summed E-state index contributed by atoms with van der Waals surface area (Å²) in [5.74, 6) is 1.45. The Morgan fingerprint density at radius 1 is 1.36 bits per heavy atom. The van der Waals surface area contributed by atoms with E-state index in [0.29, 0.717) is 11.4 Å². The predicted octanol–water partition coefficient (Wildman–Crippen LogP) is 1.45. The molecule has 0 fully saturated rings. The van der Waals surface area contributed by atoms with Gasteiger partial charge in [-0.1, -0.05) is 0 Å². The molecule has 4 heteroatoms. The monoisotopic (exact) mass is 184 g/mol. The van der Waals surface area contributed by atoms with Gasteiger partial charge in [0.25, 0.3) is 0 Å². The second-order valence-corrected chi connectivity index (χ2v) is 2.83. The number of nitriles is 1. The molecule has 0 aliphatic heterocycles. The van der Waals surface area contributed by atoms with Gasteiger partial charge in [0.15, 0.2) is 5.82 Å². The van der Waals surface area contributed by atoms with E-state index in [0.717, 1.165) is 5.82 Å². The van der Waals surface area contributed by atoms with E-state index in [1.807, 2.05) is 6.92 Å². The molecule has 0 atom stereocenters. The number of aryl methyl sites for hydroxylation is 1. The minimum Gasteiger partial charge on any atom is -0.287 e. The molecular formula is C10H8N4. The van der Waals surface area contributed by atoms with Gasteiger partial charge in [-0.15, -0.1) is 0 Å². The molecule has 0 amide bonds. The average Bonchev–Trinajstić information content (AvgIpc) is 2.64. The smallest absolute Gasteiger partial charge is 0.155 e. The van der Waals surface area contributed by atoms with Gasteiger partial charge in [0, 0.05) is 18.6 Å². The Morgan fingerprint density at radius 2 is 2.21 bits per heavy atom. The molecule has 2 aromatic rings. The molecule has 0 aliphatic rings. The standard InChI is InChI=1S/C10H8N4/c1-8-12-5-6-14(8)10-9(7-11)3-2-4-13-10/h2-6H,1H3. The lowest BCUT2D eigenvalue weighted by Gasteiger charge is -2.04. The van der Waals surface area contributed by atoms with E-state index in [1.165, 1.54) is 0 Å². The van der Waals surface area contributed by atoms with Crippen molar-refractivity contribution in [3.8, 4) is 11.9 Å². The molecule has 2 rings (SSSR count). The van der Waals surface area contributed by atoms with Gasteiger partial charge < -0.3 is 0 Å². The average molecular weight is 184 g/mol. The van der Waals surface area contributed by atoms with Crippen molar-refractivity contribution in [2.24, 2.45) is 0 Å². The molecule has 0 radical (unpaired) electrons. The van der Waals surface area contributed by atoms with Crippen LogP contribution in [0.25, 0.3) is 5.82 Å². The number of pyridine rings is 1. The lowest BCUT2D eigenvalue weighted by Crippen LogP contribution is -2.01. The van der Waals surface area contributed by atoms with Crippen molar-refractivity contribution < 1.29 is 0 Å². The number of hydrogen-bond acceptors (Lipinski definition) is 3. The first kappa shape index (κ1) is 8.45. The van der Waals surface area contributed by atoms with Crippen LogP contribution in [0.2, 0.25) is 0 Å². The van der Waals surface area contributed by atoms with Crippen molar-refractivity contribution in [1.82, 2.24) is 14.5 Å². The Morgan fingerprint density at radius 3 is 2.86 bits per heavy atom. The third-order valence-electron chi connectivity index (χ3n) is 1.96. The van der Waals surface area contributed by atoms with Crippen molar-refractivity contribution in [2.45, 2.75) is 6.92 Å². The van der Waals surface area contributed by atoms with Crippen molar-refractivity contribution in [3.63, 3.8) is 0 Å². The Hall–Kier alpha value is -2.15. The topological polar surface area (TPSA) is 54.5 Å². The molecule has 0 aliphatic carbocycles. The molecule has 2 heterocycles. The zero-order valence-corrected chi connectivity index (χ0v) is 7.68. The summed E-state index contributed by atoms with van der Waals surface area (Å²) in [4.78, 5) is 8.24. The molecule has 0 saturated carbocycles. The summed E-state index contributed by atoms with van der Waals surface area (Å²) >= 11 is 0. The quantitative estimate of drug-likeness (QED) is 0.674. The minimum atomic E-state index is 0.550. The van der Waals surface area contributed by atoms with E-state index in [1.54, 1.807) is 35.3 Å². The second-order valence-electron chi connectivity index (χ2n) is 2.83. The summed E-state index contributed by atoms with van der Waals surface area (Å²) in [6, 6.07) is 5.58. The van der Waals surface area contributed by atoms with Gasteiger partial charge in [-0.2, -0.15) is 5.26 Å². The summed E-state index contributed by atoms with van der Waals surface area (Å²) in [7, 11) is 0. The molecule has 0 unspecified atom stereocenters. The fraction of sp³-hybridized carbons (Fsp3) is 0.100. The molecule has 68 valence electrons. The molecular weight excluding hydrogens is 176 g/mol. The first-order valence-electron chi connectivity index (χ1n) is 4.18. The number of rotatable bonds is 1. The van der Waals surface area contributed by atoms with Crippen molar-refractivity contribution in [1.29, 1.82) is 5.26 Å². The zero-order chi connectivity index (χ0) is 9.97. The highest BCUT2D eigenvalue weighted by atomic mass is 15.1. The molecule has 4 nitrogen and oxygen atoms in total. The van der Waals surface area contributed by atoms with E-state index in [2.05, 4.69) is 16.0 Å². The van der Waals surface area contributed by atoms with E-state index >= 15 is 0 Å². The highest BCUT2D eigenvalue weighted by Gasteiger charge is 2.06. The normalized spacial score (nSPS) is 9.71. The number of hydrogen-bond donors (Lipinski definition) is 0. The van der Waals surface area contributed by atoms with Crippen LogP contribution in [0.15, 0.2) is 30.7 Å². The maximum absolute atomic E-state index is 8.88. The van der Waals surface area contributed by atoms with Crippen LogP contribution in [-0.2, 0) is 0 Å². The van der Waals surface area contributed by atoms with Crippen molar-refractivity contribution in [2.75, 3.05) is 0 Å². The minimum absolute atomic E-state index is 0.550. The SMILES string of the molecule is Cc1nccn1-c1ncccc1C#N. The molecule has 14 heavy (non-hydrogen) atoms. The van der Waals surface area contributed by atoms with Crippen LogP contribution >= 0.6 is 0 Å². The largest absolute Gasteiger partial charge is 0.287 e. The van der Waals surface area contributed by atoms with Gasteiger partial charge in [0.1, 0.15) is 11.9 Å². The fourth-order valence-corrected chi connectivity index (χ4v) is 1.28. The summed E-state index contributed by atoms with van der Waals surface area (Å²) in [6.07, 6.45) is 5.14. The molecule has 0 bridgehead atoms. The predicted molar refractivity (Wildman–Crippen MR) is 50.8 cm³/mol. The van der Waals surface area contributed by atoms with E-state index in [9.17, 15) is 0 Å². The van der Waals surface area contributed by atoms with Crippen LogP contribution in [0.4, 0.5) is 0 Å². The van der Waals surface area contributed by atoms with Gasteiger partial charge in [-0.05, 0) is 19.1 Å². The van der Waals surface area contributed by atoms with Gasteiger partial charge in [0.05, 0.1) is 5.56 Å². The third-order valence-corrected chi connectivity index (χ3v) is 1.96.